The largest absolute Gasteiger partial charge is 0.303 e. The average Bonchev–Trinajstić information content (AvgIpc) is 2.33. The molecule has 1 atom stereocenters. The summed E-state index contributed by atoms with van der Waals surface area (Å²) in [6.07, 6.45) is 1.09. The van der Waals surface area contributed by atoms with Crippen molar-refractivity contribution in [2.24, 2.45) is 11.0 Å². The maximum atomic E-state index is 4.58. The van der Waals surface area contributed by atoms with E-state index in [1.54, 1.807) is 0 Å². The van der Waals surface area contributed by atoms with Gasteiger partial charge >= 0.3 is 0 Å². The third-order valence-electron chi connectivity index (χ3n) is 3.36. The van der Waals surface area contributed by atoms with Gasteiger partial charge in [0.2, 0.25) is 0 Å². The SMILES string of the molecule is CC1CN(Cc2ccccc2)CC/C1=N/N(C)C. The zero-order valence-corrected chi connectivity index (χ0v) is 11.6. The number of hydrogen-bond donors (Lipinski definition) is 0. The van der Waals surface area contributed by atoms with Gasteiger partial charge in [0.1, 0.15) is 0 Å². The van der Waals surface area contributed by atoms with E-state index >= 15 is 0 Å². The molecule has 1 heterocycles. The van der Waals surface area contributed by atoms with E-state index < -0.39 is 0 Å². The van der Waals surface area contributed by atoms with Crippen LogP contribution in [0.3, 0.4) is 0 Å². The lowest BCUT2D eigenvalue weighted by Gasteiger charge is -2.32. The molecular weight excluding hydrogens is 222 g/mol. The highest BCUT2D eigenvalue weighted by atomic mass is 15.4. The second kappa shape index (κ2) is 6.01. The van der Waals surface area contributed by atoms with Crippen molar-refractivity contribution >= 4 is 5.71 Å². The van der Waals surface area contributed by atoms with Crippen LogP contribution in [0.5, 0.6) is 0 Å². The fourth-order valence-corrected chi connectivity index (χ4v) is 2.49. The summed E-state index contributed by atoms with van der Waals surface area (Å²) in [6.45, 7) is 5.56. The van der Waals surface area contributed by atoms with Crippen LogP contribution in [0.1, 0.15) is 18.9 Å². The molecule has 98 valence electrons. The van der Waals surface area contributed by atoms with Crippen LogP contribution in [0, 0.1) is 5.92 Å². The Morgan fingerprint density at radius 1 is 1.28 bits per heavy atom. The standard InChI is InChI=1S/C15H23N3/c1-13-11-18(10-9-15(13)16-17(2)3)12-14-7-5-4-6-8-14/h4-8,13H,9-12H2,1-3H3/b16-15-. The molecule has 2 rings (SSSR count). The molecule has 0 radical (unpaired) electrons. The first kappa shape index (κ1) is 13.1. The molecule has 0 N–H and O–H groups in total. The number of hydrogen-bond acceptors (Lipinski definition) is 3. The van der Waals surface area contributed by atoms with Crippen molar-refractivity contribution in [1.29, 1.82) is 0 Å². The molecule has 1 saturated heterocycles. The van der Waals surface area contributed by atoms with Gasteiger partial charge in [-0.2, -0.15) is 5.10 Å². The van der Waals surface area contributed by atoms with Crippen molar-refractivity contribution in [3.05, 3.63) is 35.9 Å². The number of piperidine rings is 1. The first-order valence-corrected chi connectivity index (χ1v) is 6.66. The maximum absolute atomic E-state index is 4.58. The van der Waals surface area contributed by atoms with Crippen molar-refractivity contribution in [3.63, 3.8) is 0 Å². The molecule has 0 aromatic heterocycles. The van der Waals surface area contributed by atoms with E-state index in [2.05, 4.69) is 47.3 Å². The number of likely N-dealkylation sites (tertiary alicyclic amines) is 1. The predicted octanol–water partition coefficient (Wildman–Crippen LogP) is 2.45. The van der Waals surface area contributed by atoms with Crippen LogP contribution in [0.4, 0.5) is 0 Å². The smallest absolute Gasteiger partial charge is 0.0434 e. The summed E-state index contributed by atoms with van der Waals surface area (Å²) >= 11 is 0. The maximum Gasteiger partial charge on any atom is 0.0434 e. The monoisotopic (exact) mass is 245 g/mol. The van der Waals surface area contributed by atoms with Crippen LogP contribution in [-0.2, 0) is 6.54 Å². The topological polar surface area (TPSA) is 18.8 Å². The Morgan fingerprint density at radius 3 is 2.61 bits per heavy atom. The Labute approximate surface area is 110 Å². The fraction of sp³-hybridized carbons (Fsp3) is 0.533. The molecule has 1 fully saturated rings. The molecule has 18 heavy (non-hydrogen) atoms. The Kier molecular flexibility index (Phi) is 4.37. The first-order valence-electron chi connectivity index (χ1n) is 6.66. The molecular formula is C15H23N3. The number of rotatable bonds is 3. The van der Waals surface area contributed by atoms with Gasteiger partial charge in [0.05, 0.1) is 0 Å². The fourth-order valence-electron chi connectivity index (χ4n) is 2.49. The van der Waals surface area contributed by atoms with Crippen molar-refractivity contribution in [3.8, 4) is 0 Å². The lowest BCUT2D eigenvalue weighted by atomic mass is 9.97. The minimum Gasteiger partial charge on any atom is -0.303 e. The summed E-state index contributed by atoms with van der Waals surface area (Å²) in [5.41, 5.74) is 2.74. The van der Waals surface area contributed by atoms with Crippen molar-refractivity contribution in [1.82, 2.24) is 9.91 Å². The van der Waals surface area contributed by atoms with E-state index in [9.17, 15) is 0 Å². The molecule has 0 aliphatic carbocycles. The van der Waals surface area contributed by atoms with Gasteiger partial charge in [-0.3, -0.25) is 4.90 Å². The molecule has 1 unspecified atom stereocenters. The lowest BCUT2D eigenvalue weighted by molar-refractivity contribution is 0.235. The van der Waals surface area contributed by atoms with E-state index in [1.807, 2.05) is 19.1 Å². The highest BCUT2D eigenvalue weighted by Gasteiger charge is 2.22. The van der Waals surface area contributed by atoms with Crippen molar-refractivity contribution < 1.29 is 0 Å². The van der Waals surface area contributed by atoms with Gasteiger partial charge < -0.3 is 5.01 Å². The first-order chi connectivity index (χ1) is 8.65. The highest BCUT2D eigenvalue weighted by molar-refractivity contribution is 5.87. The average molecular weight is 245 g/mol. The lowest BCUT2D eigenvalue weighted by Crippen LogP contribution is -2.39. The summed E-state index contributed by atoms with van der Waals surface area (Å²) in [5, 5.41) is 6.50. The van der Waals surface area contributed by atoms with Gasteiger partial charge in [-0.1, -0.05) is 37.3 Å². The summed E-state index contributed by atoms with van der Waals surface area (Å²) in [6, 6.07) is 10.7. The van der Waals surface area contributed by atoms with E-state index in [4.69, 9.17) is 0 Å². The zero-order valence-electron chi connectivity index (χ0n) is 11.6. The minimum absolute atomic E-state index is 0.560. The van der Waals surface area contributed by atoms with Crippen LogP contribution in [0.2, 0.25) is 0 Å². The van der Waals surface area contributed by atoms with Crippen LogP contribution in [0.25, 0.3) is 0 Å². The number of hydrazone groups is 1. The van der Waals surface area contributed by atoms with E-state index in [-0.39, 0.29) is 0 Å². The minimum atomic E-state index is 0.560. The Balaban J connectivity index is 1.92. The van der Waals surface area contributed by atoms with Gasteiger partial charge in [0, 0.05) is 51.8 Å². The van der Waals surface area contributed by atoms with E-state index in [0.29, 0.717) is 5.92 Å². The molecule has 1 aliphatic rings. The zero-order chi connectivity index (χ0) is 13.0. The summed E-state index contributed by atoms with van der Waals surface area (Å²) in [7, 11) is 3.99. The van der Waals surface area contributed by atoms with Gasteiger partial charge in [-0.05, 0) is 5.56 Å². The van der Waals surface area contributed by atoms with Gasteiger partial charge in [0.25, 0.3) is 0 Å². The molecule has 0 bridgehead atoms. The summed E-state index contributed by atoms with van der Waals surface area (Å²) in [4.78, 5) is 2.52. The molecule has 1 aliphatic heterocycles. The van der Waals surface area contributed by atoms with Gasteiger partial charge in [0.15, 0.2) is 0 Å². The third-order valence-corrected chi connectivity index (χ3v) is 3.36. The molecule has 0 spiro atoms. The van der Waals surface area contributed by atoms with Gasteiger partial charge in [-0.25, -0.2) is 0 Å². The quantitative estimate of drug-likeness (QED) is 0.762. The number of nitrogens with zero attached hydrogens (tertiary/aromatic N) is 3. The normalized spacial score (nSPS) is 23.3. The summed E-state index contributed by atoms with van der Waals surface area (Å²) < 4.78 is 0. The van der Waals surface area contributed by atoms with Crippen LogP contribution in [0.15, 0.2) is 35.4 Å². The summed E-state index contributed by atoms with van der Waals surface area (Å²) in [5.74, 6) is 0.560. The second-order valence-corrected chi connectivity index (χ2v) is 5.31. The number of benzene rings is 1. The second-order valence-electron chi connectivity index (χ2n) is 5.31. The molecule has 1 aromatic carbocycles. The third kappa shape index (κ3) is 3.57. The van der Waals surface area contributed by atoms with Crippen molar-refractivity contribution in [2.75, 3.05) is 27.2 Å². The van der Waals surface area contributed by atoms with Crippen molar-refractivity contribution in [2.45, 2.75) is 19.9 Å². The molecule has 1 aromatic rings. The molecule has 0 saturated carbocycles. The Morgan fingerprint density at radius 2 is 2.00 bits per heavy atom. The van der Waals surface area contributed by atoms with E-state index in [0.717, 1.165) is 26.1 Å². The van der Waals surface area contributed by atoms with Gasteiger partial charge in [-0.15, -0.1) is 0 Å². The van der Waals surface area contributed by atoms with Crippen LogP contribution in [-0.4, -0.2) is 42.8 Å². The predicted molar refractivity (Wildman–Crippen MR) is 76.6 cm³/mol. The van der Waals surface area contributed by atoms with E-state index in [1.165, 1.54) is 11.3 Å². The Hall–Kier alpha value is -1.35. The molecule has 3 nitrogen and oxygen atoms in total. The highest BCUT2D eigenvalue weighted by Crippen LogP contribution is 2.16. The molecule has 0 amide bonds. The Bertz CT molecular complexity index is 397. The molecule has 3 heteroatoms. The van der Waals surface area contributed by atoms with Crippen LogP contribution < -0.4 is 0 Å². The van der Waals surface area contributed by atoms with Crippen LogP contribution >= 0.6 is 0 Å².